The standard InChI is InChI=1S/C20H20O4/c1-2-9-18(19(21)23-14-16-10-5-3-6-11-16)20(22)24-15-17-12-7-4-8-13-17/h2-13,18H,14-15H2,1H3/b9-2+. The first-order valence-corrected chi connectivity index (χ1v) is 7.74. The van der Waals surface area contributed by atoms with Crippen LogP contribution in [-0.4, -0.2) is 11.9 Å². The smallest absolute Gasteiger partial charge is 0.324 e. The molecule has 0 aliphatic rings. The third-order valence-corrected chi connectivity index (χ3v) is 3.34. The predicted octanol–water partition coefficient (Wildman–Crippen LogP) is 3.67. The van der Waals surface area contributed by atoms with Gasteiger partial charge < -0.3 is 9.47 Å². The van der Waals surface area contributed by atoms with E-state index in [1.54, 1.807) is 13.0 Å². The summed E-state index contributed by atoms with van der Waals surface area (Å²) >= 11 is 0. The Kier molecular flexibility index (Phi) is 6.77. The number of carbonyl (C=O) groups is 2. The molecule has 0 spiro atoms. The van der Waals surface area contributed by atoms with Gasteiger partial charge in [-0.3, -0.25) is 9.59 Å². The molecule has 0 fully saturated rings. The summed E-state index contributed by atoms with van der Waals surface area (Å²) in [6.07, 6.45) is 3.12. The highest BCUT2D eigenvalue weighted by Crippen LogP contribution is 2.11. The van der Waals surface area contributed by atoms with Gasteiger partial charge >= 0.3 is 11.9 Å². The molecule has 4 heteroatoms. The van der Waals surface area contributed by atoms with Gasteiger partial charge in [-0.15, -0.1) is 0 Å². The Morgan fingerprint density at radius 3 is 1.62 bits per heavy atom. The van der Waals surface area contributed by atoms with Gasteiger partial charge in [0.1, 0.15) is 13.2 Å². The molecule has 0 aliphatic heterocycles. The lowest BCUT2D eigenvalue weighted by atomic mass is 10.1. The second-order valence-electron chi connectivity index (χ2n) is 5.19. The molecule has 4 nitrogen and oxygen atoms in total. The molecular weight excluding hydrogens is 304 g/mol. The van der Waals surface area contributed by atoms with Crippen LogP contribution in [0.2, 0.25) is 0 Å². The molecule has 0 aromatic heterocycles. The number of allylic oxidation sites excluding steroid dienone is 1. The van der Waals surface area contributed by atoms with Gasteiger partial charge in [0, 0.05) is 0 Å². The molecule has 124 valence electrons. The van der Waals surface area contributed by atoms with Gasteiger partial charge in [-0.1, -0.05) is 72.8 Å². The molecule has 0 bridgehead atoms. The first-order valence-electron chi connectivity index (χ1n) is 7.74. The van der Waals surface area contributed by atoms with Crippen LogP contribution < -0.4 is 0 Å². The van der Waals surface area contributed by atoms with E-state index in [9.17, 15) is 9.59 Å². The SMILES string of the molecule is C/C=C/C(C(=O)OCc1ccccc1)C(=O)OCc1ccccc1. The average molecular weight is 324 g/mol. The molecule has 2 rings (SSSR count). The Morgan fingerprint density at radius 1 is 0.833 bits per heavy atom. The fraction of sp³-hybridized carbons (Fsp3) is 0.200. The van der Waals surface area contributed by atoms with Gasteiger partial charge in [0.05, 0.1) is 0 Å². The highest BCUT2D eigenvalue weighted by Gasteiger charge is 2.27. The van der Waals surface area contributed by atoms with Crippen LogP contribution in [-0.2, 0) is 32.3 Å². The normalized spacial score (nSPS) is 10.8. The summed E-state index contributed by atoms with van der Waals surface area (Å²) < 4.78 is 10.4. The molecule has 0 amide bonds. The molecule has 0 saturated carbocycles. The Balaban J connectivity index is 1.91. The highest BCUT2D eigenvalue weighted by atomic mass is 16.6. The minimum absolute atomic E-state index is 0.125. The zero-order chi connectivity index (χ0) is 17.2. The van der Waals surface area contributed by atoms with Crippen molar-refractivity contribution in [2.45, 2.75) is 20.1 Å². The van der Waals surface area contributed by atoms with Crippen molar-refractivity contribution in [1.29, 1.82) is 0 Å². The summed E-state index contributed by atoms with van der Waals surface area (Å²) in [5.74, 6) is -2.28. The highest BCUT2D eigenvalue weighted by molar-refractivity contribution is 5.96. The number of esters is 2. The lowest BCUT2D eigenvalue weighted by Crippen LogP contribution is -2.26. The number of carbonyl (C=O) groups excluding carboxylic acids is 2. The molecule has 2 aromatic carbocycles. The quantitative estimate of drug-likeness (QED) is 0.443. The molecule has 0 saturated heterocycles. The van der Waals surface area contributed by atoms with Crippen molar-refractivity contribution in [2.75, 3.05) is 0 Å². The Bertz CT molecular complexity index is 622. The third kappa shape index (κ3) is 5.39. The van der Waals surface area contributed by atoms with Crippen molar-refractivity contribution in [3.63, 3.8) is 0 Å². The molecule has 24 heavy (non-hydrogen) atoms. The number of ether oxygens (including phenoxy) is 2. The van der Waals surface area contributed by atoms with E-state index >= 15 is 0 Å². The minimum Gasteiger partial charge on any atom is -0.460 e. The second-order valence-corrected chi connectivity index (χ2v) is 5.19. The maximum Gasteiger partial charge on any atom is 0.324 e. The fourth-order valence-electron chi connectivity index (χ4n) is 2.08. The average Bonchev–Trinajstić information content (AvgIpc) is 2.64. The third-order valence-electron chi connectivity index (χ3n) is 3.34. The van der Waals surface area contributed by atoms with Gasteiger partial charge in [0.15, 0.2) is 5.92 Å². The van der Waals surface area contributed by atoms with E-state index < -0.39 is 17.9 Å². The van der Waals surface area contributed by atoms with Crippen LogP contribution >= 0.6 is 0 Å². The summed E-state index contributed by atoms with van der Waals surface area (Å²) in [4.78, 5) is 24.4. The van der Waals surface area contributed by atoms with Crippen molar-refractivity contribution in [2.24, 2.45) is 5.92 Å². The van der Waals surface area contributed by atoms with Gasteiger partial charge in [0.25, 0.3) is 0 Å². The summed E-state index contributed by atoms with van der Waals surface area (Å²) in [6.45, 7) is 1.99. The number of hydrogen-bond donors (Lipinski definition) is 0. The lowest BCUT2D eigenvalue weighted by Gasteiger charge is -2.12. The first kappa shape index (κ1) is 17.5. The van der Waals surface area contributed by atoms with E-state index in [1.807, 2.05) is 60.7 Å². The lowest BCUT2D eigenvalue weighted by molar-refractivity contribution is -0.161. The zero-order valence-corrected chi connectivity index (χ0v) is 13.6. The van der Waals surface area contributed by atoms with Crippen molar-refractivity contribution in [1.82, 2.24) is 0 Å². The summed E-state index contributed by atoms with van der Waals surface area (Å²) in [5, 5.41) is 0. The van der Waals surface area contributed by atoms with E-state index in [1.165, 1.54) is 6.08 Å². The van der Waals surface area contributed by atoms with E-state index in [4.69, 9.17) is 9.47 Å². The second kappa shape index (κ2) is 9.30. The van der Waals surface area contributed by atoms with E-state index in [0.29, 0.717) is 0 Å². The summed E-state index contributed by atoms with van der Waals surface area (Å²) in [6, 6.07) is 18.6. The van der Waals surface area contributed by atoms with Crippen LogP contribution in [0.15, 0.2) is 72.8 Å². The van der Waals surface area contributed by atoms with Gasteiger partial charge in [-0.05, 0) is 18.1 Å². The molecule has 0 heterocycles. The molecule has 0 aliphatic carbocycles. The summed E-state index contributed by atoms with van der Waals surface area (Å²) in [7, 11) is 0. The van der Waals surface area contributed by atoms with Crippen molar-refractivity contribution < 1.29 is 19.1 Å². The number of hydrogen-bond acceptors (Lipinski definition) is 4. The van der Waals surface area contributed by atoms with Crippen molar-refractivity contribution in [3.05, 3.63) is 83.9 Å². The van der Waals surface area contributed by atoms with Crippen LogP contribution in [0.3, 0.4) is 0 Å². The Hall–Kier alpha value is -2.88. The number of rotatable bonds is 7. The van der Waals surface area contributed by atoms with Crippen LogP contribution in [0.4, 0.5) is 0 Å². The van der Waals surface area contributed by atoms with Crippen LogP contribution in [0.5, 0.6) is 0 Å². The van der Waals surface area contributed by atoms with E-state index in [-0.39, 0.29) is 13.2 Å². The molecule has 0 radical (unpaired) electrons. The molecule has 0 unspecified atom stereocenters. The molecular formula is C20H20O4. The number of benzene rings is 2. The topological polar surface area (TPSA) is 52.6 Å². The molecule has 0 N–H and O–H groups in total. The Morgan fingerprint density at radius 2 is 1.25 bits per heavy atom. The Labute approximate surface area is 141 Å². The van der Waals surface area contributed by atoms with E-state index in [2.05, 4.69) is 0 Å². The molecule has 2 aromatic rings. The van der Waals surface area contributed by atoms with E-state index in [0.717, 1.165) is 11.1 Å². The predicted molar refractivity (Wildman–Crippen MR) is 90.8 cm³/mol. The van der Waals surface area contributed by atoms with Crippen molar-refractivity contribution >= 4 is 11.9 Å². The van der Waals surface area contributed by atoms with Gasteiger partial charge in [-0.25, -0.2) is 0 Å². The van der Waals surface area contributed by atoms with Crippen LogP contribution in [0.1, 0.15) is 18.1 Å². The monoisotopic (exact) mass is 324 g/mol. The zero-order valence-electron chi connectivity index (χ0n) is 13.6. The van der Waals surface area contributed by atoms with Gasteiger partial charge in [0.2, 0.25) is 0 Å². The minimum atomic E-state index is -1.05. The first-order chi connectivity index (χ1) is 11.7. The maximum absolute atomic E-state index is 12.2. The maximum atomic E-state index is 12.2. The molecule has 0 atom stereocenters. The van der Waals surface area contributed by atoms with Crippen LogP contribution in [0, 0.1) is 5.92 Å². The fourth-order valence-corrected chi connectivity index (χ4v) is 2.08. The van der Waals surface area contributed by atoms with Crippen molar-refractivity contribution in [3.8, 4) is 0 Å². The van der Waals surface area contributed by atoms with Crippen LogP contribution in [0.25, 0.3) is 0 Å². The summed E-state index contributed by atoms with van der Waals surface area (Å²) in [5.41, 5.74) is 1.73. The van der Waals surface area contributed by atoms with Gasteiger partial charge in [-0.2, -0.15) is 0 Å². The largest absolute Gasteiger partial charge is 0.460 e.